The van der Waals surface area contributed by atoms with Gasteiger partial charge in [-0.05, 0) is 41.0 Å². The van der Waals surface area contributed by atoms with E-state index in [1.165, 1.54) is 6.92 Å². The van der Waals surface area contributed by atoms with Crippen LogP contribution in [-0.4, -0.2) is 41.8 Å². The van der Waals surface area contributed by atoms with E-state index in [2.05, 4.69) is 22.8 Å². The molecule has 2 aromatic carbocycles. The SMILES string of the molecule is C[C@@H](NC(=O)C(CC(C)(C)C)NC(=O)OCC1c2ccccc2-c2ccccc21)C(=O)O. The first-order chi connectivity index (χ1) is 15.1. The quantitative estimate of drug-likeness (QED) is 0.608. The summed E-state index contributed by atoms with van der Waals surface area (Å²) in [5.41, 5.74) is 4.18. The molecule has 0 saturated heterocycles. The third-order valence-electron chi connectivity index (χ3n) is 5.50. The van der Waals surface area contributed by atoms with E-state index in [0.717, 1.165) is 22.3 Å². The lowest BCUT2D eigenvalue weighted by Crippen LogP contribution is -2.52. The van der Waals surface area contributed by atoms with Crippen LogP contribution in [0.2, 0.25) is 0 Å². The highest BCUT2D eigenvalue weighted by atomic mass is 16.5. The number of benzene rings is 2. The largest absolute Gasteiger partial charge is 0.480 e. The van der Waals surface area contributed by atoms with Crippen LogP contribution in [-0.2, 0) is 14.3 Å². The van der Waals surface area contributed by atoms with Crippen LogP contribution in [0.25, 0.3) is 11.1 Å². The summed E-state index contributed by atoms with van der Waals surface area (Å²) in [6.07, 6.45) is -0.380. The van der Waals surface area contributed by atoms with Crippen molar-refractivity contribution >= 4 is 18.0 Å². The number of carbonyl (C=O) groups excluding carboxylic acids is 2. The molecule has 1 aliphatic rings. The number of rotatable bonds is 7. The second-order valence-electron chi connectivity index (χ2n) is 9.36. The summed E-state index contributed by atoms with van der Waals surface area (Å²) >= 11 is 0. The van der Waals surface area contributed by atoms with Gasteiger partial charge in [0.05, 0.1) is 0 Å². The highest BCUT2D eigenvalue weighted by Crippen LogP contribution is 2.44. The molecule has 2 amide bonds. The predicted molar refractivity (Wildman–Crippen MR) is 121 cm³/mol. The molecule has 2 aromatic rings. The van der Waals surface area contributed by atoms with Gasteiger partial charge in [0, 0.05) is 5.92 Å². The molecule has 2 atom stereocenters. The molecule has 0 fully saturated rings. The minimum Gasteiger partial charge on any atom is -0.480 e. The molecule has 1 aliphatic carbocycles. The van der Waals surface area contributed by atoms with E-state index in [1.807, 2.05) is 57.2 Å². The number of aliphatic carboxylic acids is 1. The van der Waals surface area contributed by atoms with E-state index in [4.69, 9.17) is 9.84 Å². The second-order valence-corrected chi connectivity index (χ2v) is 9.36. The average molecular weight is 439 g/mol. The Balaban J connectivity index is 1.69. The number of amides is 2. The molecule has 7 nitrogen and oxygen atoms in total. The number of alkyl carbamates (subject to hydrolysis) is 1. The first-order valence-corrected chi connectivity index (χ1v) is 10.7. The lowest BCUT2D eigenvalue weighted by molar-refractivity contribution is -0.141. The van der Waals surface area contributed by atoms with Gasteiger partial charge in [-0.2, -0.15) is 0 Å². The van der Waals surface area contributed by atoms with E-state index in [9.17, 15) is 14.4 Å². The molecule has 1 unspecified atom stereocenters. The molecule has 3 rings (SSSR count). The normalized spacial score (nSPS) is 14.6. The van der Waals surface area contributed by atoms with Gasteiger partial charge >= 0.3 is 12.1 Å². The first kappa shape index (κ1) is 23.3. The zero-order valence-electron chi connectivity index (χ0n) is 18.8. The molecular formula is C25H30N2O5. The van der Waals surface area contributed by atoms with Gasteiger partial charge in [-0.3, -0.25) is 9.59 Å². The summed E-state index contributed by atoms with van der Waals surface area (Å²) in [6, 6.07) is 14.1. The van der Waals surface area contributed by atoms with Gasteiger partial charge in [0.2, 0.25) is 5.91 Å². The van der Waals surface area contributed by atoms with Crippen molar-refractivity contribution in [3.05, 3.63) is 59.7 Å². The molecule has 0 heterocycles. The summed E-state index contributed by atoms with van der Waals surface area (Å²) in [6.45, 7) is 7.32. The van der Waals surface area contributed by atoms with Crippen LogP contribution < -0.4 is 10.6 Å². The Morgan fingerprint density at radius 3 is 2.00 bits per heavy atom. The Hall–Kier alpha value is -3.35. The van der Waals surface area contributed by atoms with Gasteiger partial charge in [-0.15, -0.1) is 0 Å². The van der Waals surface area contributed by atoms with Gasteiger partial charge in [0.1, 0.15) is 18.7 Å². The summed E-state index contributed by atoms with van der Waals surface area (Å²) in [4.78, 5) is 36.3. The van der Waals surface area contributed by atoms with Crippen molar-refractivity contribution in [1.29, 1.82) is 0 Å². The third kappa shape index (κ3) is 5.46. The fraction of sp³-hybridized carbons (Fsp3) is 0.400. The van der Waals surface area contributed by atoms with E-state index in [-0.39, 0.29) is 17.9 Å². The lowest BCUT2D eigenvalue weighted by atomic mass is 9.87. The van der Waals surface area contributed by atoms with Crippen molar-refractivity contribution in [2.45, 2.75) is 52.1 Å². The standard InChI is InChI=1S/C25H30N2O5/c1-15(23(29)30)26-22(28)21(13-25(2,3)4)27-24(31)32-14-20-18-11-7-5-9-16(18)17-10-6-8-12-19(17)20/h5-12,15,20-21H,13-14H2,1-4H3,(H,26,28)(H,27,31)(H,29,30)/t15-,21?/m1/s1. The molecule has 170 valence electrons. The minimum atomic E-state index is -1.14. The van der Waals surface area contributed by atoms with Gasteiger partial charge < -0.3 is 20.5 Å². The van der Waals surface area contributed by atoms with Crippen molar-refractivity contribution in [2.24, 2.45) is 5.41 Å². The molecule has 0 saturated carbocycles. The topological polar surface area (TPSA) is 105 Å². The average Bonchev–Trinajstić information content (AvgIpc) is 3.04. The number of hydrogen-bond donors (Lipinski definition) is 3. The van der Waals surface area contributed by atoms with Crippen LogP contribution in [0, 0.1) is 5.41 Å². The monoisotopic (exact) mass is 438 g/mol. The summed E-state index contributed by atoms with van der Waals surface area (Å²) in [7, 11) is 0. The van der Waals surface area contributed by atoms with Gasteiger partial charge in [-0.1, -0.05) is 69.3 Å². The number of carboxylic acids is 1. The van der Waals surface area contributed by atoms with Crippen molar-refractivity contribution in [3.63, 3.8) is 0 Å². The Labute approximate surface area is 188 Å². The minimum absolute atomic E-state index is 0.0879. The fourth-order valence-corrected chi connectivity index (χ4v) is 3.98. The zero-order chi connectivity index (χ0) is 23.5. The van der Waals surface area contributed by atoms with Gasteiger partial charge in [0.25, 0.3) is 0 Å². The molecule has 0 spiro atoms. The summed E-state index contributed by atoms with van der Waals surface area (Å²) in [5, 5.41) is 14.1. The molecule has 3 N–H and O–H groups in total. The van der Waals surface area contributed by atoms with Crippen LogP contribution in [0.5, 0.6) is 0 Å². The molecule has 7 heteroatoms. The fourth-order valence-electron chi connectivity index (χ4n) is 3.98. The maximum absolute atomic E-state index is 12.6. The van der Waals surface area contributed by atoms with Gasteiger partial charge in [0.15, 0.2) is 0 Å². The number of ether oxygens (including phenoxy) is 1. The lowest BCUT2D eigenvalue weighted by Gasteiger charge is -2.26. The van der Waals surface area contributed by atoms with E-state index in [1.54, 1.807) is 0 Å². The Morgan fingerprint density at radius 2 is 1.50 bits per heavy atom. The molecule has 32 heavy (non-hydrogen) atoms. The van der Waals surface area contributed by atoms with E-state index in [0.29, 0.717) is 6.42 Å². The Kier molecular flexibility index (Phi) is 6.87. The molecule has 0 aliphatic heterocycles. The van der Waals surface area contributed by atoms with E-state index >= 15 is 0 Å². The Bertz CT molecular complexity index is 966. The van der Waals surface area contributed by atoms with Crippen molar-refractivity contribution in [2.75, 3.05) is 6.61 Å². The first-order valence-electron chi connectivity index (χ1n) is 10.7. The smallest absolute Gasteiger partial charge is 0.407 e. The van der Waals surface area contributed by atoms with Gasteiger partial charge in [-0.25, -0.2) is 4.79 Å². The van der Waals surface area contributed by atoms with Crippen LogP contribution >= 0.6 is 0 Å². The maximum atomic E-state index is 12.6. The Morgan fingerprint density at radius 1 is 0.969 bits per heavy atom. The zero-order valence-corrected chi connectivity index (χ0v) is 18.8. The van der Waals surface area contributed by atoms with E-state index < -0.39 is 30.1 Å². The van der Waals surface area contributed by atoms with Crippen LogP contribution in [0.3, 0.4) is 0 Å². The summed E-state index contributed by atoms with van der Waals surface area (Å²) < 4.78 is 5.54. The number of carbonyl (C=O) groups is 3. The van der Waals surface area contributed by atoms with Crippen LogP contribution in [0.4, 0.5) is 4.79 Å². The number of hydrogen-bond acceptors (Lipinski definition) is 4. The molecular weight excluding hydrogens is 408 g/mol. The van der Waals surface area contributed by atoms with Crippen LogP contribution in [0.15, 0.2) is 48.5 Å². The highest BCUT2D eigenvalue weighted by Gasteiger charge is 2.31. The van der Waals surface area contributed by atoms with Crippen molar-refractivity contribution in [1.82, 2.24) is 10.6 Å². The van der Waals surface area contributed by atoms with Crippen molar-refractivity contribution < 1.29 is 24.2 Å². The number of fused-ring (bicyclic) bond motifs is 3. The summed E-state index contributed by atoms with van der Waals surface area (Å²) in [5.74, 6) is -1.78. The maximum Gasteiger partial charge on any atom is 0.407 e. The van der Waals surface area contributed by atoms with Crippen LogP contribution in [0.1, 0.15) is 51.2 Å². The molecule has 0 aromatic heterocycles. The van der Waals surface area contributed by atoms with Crippen molar-refractivity contribution in [3.8, 4) is 11.1 Å². The highest BCUT2D eigenvalue weighted by molar-refractivity contribution is 5.89. The number of nitrogens with one attached hydrogen (secondary N) is 2. The molecule has 0 radical (unpaired) electrons. The number of carboxylic acid groups (broad SMARTS) is 1. The third-order valence-corrected chi connectivity index (χ3v) is 5.50. The molecule has 0 bridgehead atoms. The predicted octanol–water partition coefficient (Wildman–Crippen LogP) is 3.92. The second kappa shape index (κ2) is 9.42.